The second-order valence-electron chi connectivity index (χ2n) is 15.7. The minimum absolute atomic E-state index is 0.0314. The van der Waals surface area contributed by atoms with Gasteiger partial charge in [0.15, 0.2) is 6.10 Å². The number of rotatable bonds is 39. The number of carbonyl (C=O) groups is 2. The van der Waals surface area contributed by atoms with Crippen molar-refractivity contribution in [2.75, 3.05) is 47.5 Å². The highest BCUT2D eigenvalue weighted by molar-refractivity contribution is 7.45. The molecule has 0 bridgehead atoms. The Morgan fingerprint density at radius 3 is 1.43 bits per heavy atom. The van der Waals surface area contributed by atoms with E-state index in [2.05, 4.69) is 38.2 Å². The molecule has 2 atom stereocenters. The van der Waals surface area contributed by atoms with E-state index in [-0.39, 0.29) is 26.1 Å². The van der Waals surface area contributed by atoms with E-state index < -0.39 is 32.5 Å². The number of nitrogens with zero attached hydrogens (tertiary/aromatic N) is 1. The van der Waals surface area contributed by atoms with Gasteiger partial charge in [0, 0.05) is 12.8 Å². The Morgan fingerprint density at radius 2 is 0.962 bits per heavy atom. The van der Waals surface area contributed by atoms with Gasteiger partial charge in [-0.3, -0.25) is 14.2 Å². The number of likely N-dealkylation sites (N-methyl/N-ethyl adjacent to an activating group) is 1. The molecule has 0 aliphatic carbocycles. The van der Waals surface area contributed by atoms with Gasteiger partial charge in [-0.15, -0.1) is 0 Å². The van der Waals surface area contributed by atoms with Crippen LogP contribution in [-0.4, -0.2) is 70.0 Å². The van der Waals surface area contributed by atoms with Gasteiger partial charge in [0.1, 0.15) is 19.8 Å². The molecule has 0 saturated heterocycles. The lowest BCUT2D eigenvalue weighted by molar-refractivity contribution is -0.870. The molecule has 0 fully saturated rings. The van der Waals surface area contributed by atoms with E-state index in [9.17, 15) is 19.0 Å². The van der Waals surface area contributed by atoms with Gasteiger partial charge in [0.05, 0.1) is 27.7 Å². The number of ether oxygens (including phenoxy) is 2. The Kier molecular flexibility index (Phi) is 35.1. The average Bonchev–Trinajstić information content (AvgIpc) is 3.10. The number of phosphoric acid groups is 1. The zero-order chi connectivity index (χ0) is 39.3. The van der Waals surface area contributed by atoms with Crippen LogP contribution in [0.2, 0.25) is 0 Å². The van der Waals surface area contributed by atoms with Crippen LogP contribution in [0, 0.1) is 0 Å². The lowest BCUT2D eigenvalue weighted by Crippen LogP contribution is -2.37. The third-order valence-corrected chi connectivity index (χ3v) is 10.2. The molecular weight excluding hydrogens is 689 g/mol. The van der Waals surface area contributed by atoms with E-state index in [1.165, 1.54) is 96.3 Å². The zero-order valence-electron chi connectivity index (χ0n) is 35.0. The van der Waals surface area contributed by atoms with Gasteiger partial charge < -0.3 is 27.9 Å². The predicted molar refractivity (Wildman–Crippen MR) is 218 cm³/mol. The summed E-state index contributed by atoms with van der Waals surface area (Å²) < 4.78 is 33.8. The second-order valence-corrected chi connectivity index (χ2v) is 17.1. The largest absolute Gasteiger partial charge is 0.756 e. The number of esters is 2. The highest BCUT2D eigenvalue weighted by Crippen LogP contribution is 2.38. The van der Waals surface area contributed by atoms with Crippen LogP contribution in [0.1, 0.15) is 187 Å². The highest BCUT2D eigenvalue weighted by atomic mass is 31.2. The summed E-state index contributed by atoms with van der Waals surface area (Å²) in [6, 6.07) is 0. The van der Waals surface area contributed by atoms with Gasteiger partial charge in [-0.1, -0.05) is 134 Å². The third kappa shape index (κ3) is 40.0. The van der Waals surface area contributed by atoms with Gasteiger partial charge in [0.25, 0.3) is 7.82 Å². The van der Waals surface area contributed by atoms with Crippen LogP contribution in [0.4, 0.5) is 0 Å². The molecule has 0 aromatic carbocycles. The van der Waals surface area contributed by atoms with E-state index >= 15 is 0 Å². The molecule has 312 valence electrons. The van der Waals surface area contributed by atoms with Crippen LogP contribution < -0.4 is 4.89 Å². The molecule has 0 N–H and O–H groups in total. The molecular formula is C43H82NO8P. The molecule has 1 unspecified atom stereocenters. The predicted octanol–water partition coefficient (Wildman–Crippen LogP) is 11.3. The Labute approximate surface area is 326 Å². The first-order valence-electron chi connectivity index (χ1n) is 21.5. The quantitative estimate of drug-likeness (QED) is 0.0200. The molecule has 53 heavy (non-hydrogen) atoms. The summed E-state index contributed by atoms with van der Waals surface area (Å²) in [4.78, 5) is 37.4. The van der Waals surface area contributed by atoms with Crippen LogP contribution in [0.3, 0.4) is 0 Å². The number of allylic oxidation sites excluding steroid dienone is 4. The van der Waals surface area contributed by atoms with Crippen LogP contribution in [0.15, 0.2) is 24.3 Å². The summed E-state index contributed by atoms with van der Waals surface area (Å²) in [6.07, 6.45) is 37.7. The summed E-state index contributed by atoms with van der Waals surface area (Å²) in [5.41, 5.74) is 0. The molecule has 9 nitrogen and oxygen atoms in total. The normalized spacial score (nSPS) is 13.8. The summed E-state index contributed by atoms with van der Waals surface area (Å²) in [5, 5.41) is 0. The number of carbonyl (C=O) groups excluding carboxylic acids is 2. The number of phosphoric ester groups is 1. The summed E-state index contributed by atoms with van der Waals surface area (Å²) in [6.45, 7) is 4.18. The Balaban J connectivity index is 4.36. The Hall–Kier alpha value is -1.51. The molecule has 0 heterocycles. The van der Waals surface area contributed by atoms with Crippen molar-refractivity contribution in [2.45, 2.75) is 193 Å². The number of hydrogen-bond donors (Lipinski definition) is 0. The number of unbranched alkanes of at least 4 members (excludes halogenated alkanes) is 21. The monoisotopic (exact) mass is 772 g/mol. The minimum atomic E-state index is -4.62. The van der Waals surface area contributed by atoms with Crippen LogP contribution in [0.5, 0.6) is 0 Å². The Morgan fingerprint density at radius 1 is 0.566 bits per heavy atom. The van der Waals surface area contributed by atoms with Gasteiger partial charge in [-0.2, -0.15) is 0 Å². The highest BCUT2D eigenvalue weighted by Gasteiger charge is 2.21. The van der Waals surface area contributed by atoms with Crippen molar-refractivity contribution in [1.29, 1.82) is 0 Å². The fourth-order valence-corrected chi connectivity index (χ4v) is 6.49. The summed E-state index contributed by atoms with van der Waals surface area (Å²) in [7, 11) is 1.16. The minimum Gasteiger partial charge on any atom is -0.756 e. The summed E-state index contributed by atoms with van der Waals surface area (Å²) >= 11 is 0. The molecule has 0 saturated carbocycles. The molecule has 0 aromatic heterocycles. The first-order valence-corrected chi connectivity index (χ1v) is 23.0. The molecule has 0 rings (SSSR count). The maximum Gasteiger partial charge on any atom is 0.306 e. The van der Waals surface area contributed by atoms with Crippen molar-refractivity contribution < 1.29 is 42.1 Å². The standard InChI is InChI=1S/C43H82NO8P/c1-6-8-10-12-14-16-18-20-21-22-23-24-26-28-30-32-34-36-43(46)52-41(40-51-53(47,48)50-38-37-44(3,4)5)39-49-42(45)35-33-31-29-27-25-19-17-15-13-11-9-7-2/h15-18,41H,6-14,19-40H2,1-5H3/b17-15+,18-16+/t41-/m1/s1. The first-order chi connectivity index (χ1) is 25.5. The van der Waals surface area contributed by atoms with Crippen molar-refractivity contribution in [3.05, 3.63) is 24.3 Å². The van der Waals surface area contributed by atoms with E-state index in [4.69, 9.17) is 18.5 Å². The fraction of sp³-hybridized carbons (Fsp3) is 0.860. The smallest absolute Gasteiger partial charge is 0.306 e. The average molecular weight is 772 g/mol. The fourth-order valence-electron chi connectivity index (χ4n) is 5.76. The van der Waals surface area contributed by atoms with Crippen LogP contribution >= 0.6 is 7.82 Å². The molecule has 0 radical (unpaired) electrons. The van der Waals surface area contributed by atoms with Gasteiger partial charge >= 0.3 is 11.9 Å². The lowest BCUT2D eigenvalue weighted by atomic mass is 10.1. The van der Waals surface area contributed by atoms with E-state index in [0.29, 0.717) is 17.4 Å². The maximum atomic E-state index is 12.7. The van der Waals surface area contributed by atoms with Crippen molar-refractivity contribution >= 4 is 19.8 Å². The topological polar surface area (TPSA) is 111 Å². The van der Waals surface area contributed by atoms with Crippen molar-refractivity contribution in [2.24, 2.45) is 0 Å². The number of hydrogen-bond acceptors (Lipinski definition) is 8. The van der Waals surface area contributed by atoms with E-state index in [0.717, 1.165) is 57.8 Å². The van der Waals surface area contributed by atoms with Crippen molar-refractivity contribution in [1.82, 2.24) is 0 Å². The van der Waals surface area contributed by atoms with E-state index in [1.807, 2.05) is 21.1 Å². The van der Waals surface area contributed by atoms with Crippen molar-refractivity contribution in [3.8, 4) is 0 Å². The van der Waals surface area contributed by atoms with Gasteiger partial charge in [-0.05, 0) is 64.2 Å². The van der Waals surface area contributed by atoms with Crippen molar-refractivity contribution in [3.63, 3.8) is 0 Å². The summed E-state index contributed by atoms with van der Waals surface area (Å²) in [5.74, 6) is -0.845. The molecule has 0 amide bonds. The Bertz CT molecular complexity index is 964. The molecule has 0 aliphatic heterocycles. The zero-order valence-corrected chi connectivity index (χ0v) is 35.9. The van der Waals surface area contributed by atoms with Gasteiger partial charge in [0.2, 0.25) is 0 Å². The van der Waals surface area contributed by atoms with E-state index in [1.54, 1.807) is 0 Å². The maximum absolute atomic E-state index is 12.7. The number of quaternary nitrogens is 1. The molecule has 0 aromatic rings. The molecule has 10 heteroatoms. The molecule has 0 spiro atoms. The third-order valence-electron chi connectivity index (χ3n) is 9.19. The van der Waals surface area contributed by atoms with Crippen LogP contribution in [-0.2, 0) is 32.7 Å². The first kappa shape index (κ1) is 51.5. The SMILES string of the molecule is CCCCC/C=C/CCCCCCCC(=O)OC[C@H](COP(=O)([O-])OCC[N+](C)(C)C)OC(=O)CCCCCCCCCCC/C=C/CCCCCC. The van der Waals surface area contributed by atoms with Crippen LogP contribution in [0.25, 0.3) is 0 Å². The molecule has 0 aliphatic rings. The lowest BCUT2D eigenvalue weighted by Gasteiger charge is -2.28. The second kappa shape index (κ2) is 36.1. The van der Waals surface area contributed by atoms with Gasteiger partial charge in [-0.25, -0.2) is 0 Å².